The second-order valence-electron chi connectivity index (χ2n) is 6.94. The fourth-order valence-electron chi connectivity index (χ4n) is 2.89. The molecule has 0 aliphatic carbocycles. The molecule has 1 atom stereocenters. The maximum Gasteiger partial charge on any atom is 0.224 e. The van der Waals surface area contributed by atoms with Crippen LogP contribution in [0.2, 0.25) is 10.3 Å². The minimum Gasteiger partial charge on any atom is -0.289 e. The average Bonchev–Trinajstić information content (AvgIpc) is 2.68. The van der Waals surface area contributed by atoms with Crippen molar-refractivity contribution in [3.8, 4) is 11.1 Å². The Kier molecular flexibility index (Phi) is 7.24. The molecule has 1 heterocycles. The van der Waals surface area contributed by atoms with E-state index >= 15 is 0 Å². The molecule has 0 amide bonds. The lowest BCUT2D eigenvalue weighted by Crippen LogP contribution is -2.23. The van der Waals surface area contributed by atoms with Gasteiger partial charge in [0, 0.05) is 22.0 Å². The van der Waals surface area contributed by atoms with E-state index in [1.807, 2.05) is 6.92 Å². The Labute approximate surface area is 189 Å². The molecule has 0 fully saturated rings. The van der Waals surface area contributed by atoms with Crippen LogP contribution in [0.25, 0.3) is 11.1 Å². The monoisotopic (exact) mass is 480 g/mol. The predicted octanol–water partition coefficient (Wildman–Crippen LogP) is 5.23. The van der Waals surface area contributed by atoms with Crippen molar-refractivity contribution in [2.45, 2.75) is 11.8 Å². The van der Waals surface area contributed by atoms with Gasteiger partial charge in [0.15, 0.2) is 5.75 Å². The molecular weight excluding hydrogens is 461 g/mol. The number of sulfone groups is 1. The Hall–Kier alpha value is -1.86. The molecule has 0 aliphatic rings. The average molecular weight is 481 g/mol. The zero-order valence-electron chi connectivity index (χ0n) is 16.4. The molecule has 0 saturated carbocycles. The molecule has 2 aromatic carbocycles. The molecule has 3 rings (SSSR count). The first-order valence-electron chi connectivity index (χ1n) is 9.00. The molecule has 0 saturated heterocycles. The first-order chi connectivity index (χ1) is 14.2. The smallest absolute Gasteiger partial charge is 0.224 e. The van der Waals surface area contributed by atoms with Gasteiger partial charge in [0.1, 0.15) is 10.3 Å². The highest BCUT2D eigenvalue weighted by atomic mass is 35.5. The van der Waals surface area contributed by atoms with Crippen molar-refractivity contribution in [2.24, 2.45) is 0 Å². The van der Waals surface area contributed by atoms with Gasteiger partial charge >= 0.3 is 0 Å². The summed E-state index contributed by atoms with van der Waals surface area (Å²) >= 11 is 12.0. The van der Waals surface area contributed by atoms with Gasteiger partial charge in [-0.1, -0.05) is 65.2 Å². The molecule has 0 bridgehead atoms. The normalized spacial score (nSPS) is 12.5. The van der Waals surface area contributed by atoms with Gasteiger partial charge in [-0.05, 0) is 36.8 Å². The molecule has 0 N–H and O–H groups in total. The summed E-state index contributed by atoms with van der Waals surface area (Å²) in [6.07, 6.45) is 1.80. The van der Waals surface area contributed by atoms with Gasteiger partial charge in [0.2, 0.25) is 20.7 Å². The SMILES string of the molecule is Cc1ccc(S(=O)(=O)C[S+](C)CC(=O)c2ccc(-c3ccc(Cl)nc3Cl)cc2)cc1. The van der Waals surface area contributed by atoms with Gasteiger partial charge in [0.25, 0.3) is 0 Å². The minimum absolute atomic E-state index is 0.0497. The number of aryl methyl sites for hydroxylation is 1. The van der Waals surface area contributed by atoms with Crippen LogP contribution in [-0.2, 0) is 20.7 Å². The van der Waals surface area contributed by atoms with Crippen LogP contribution in [0, 0.1) is 6.92 Å². The van der Waals surface area contributed by atoms with E-state index in [1.54, 1.807) is 66.9 Å². The van der Waals surface area contributed by atoms with Crippen LogP contribution in [0.1, 0.15) is 15.9 Å². The largest absolute Gasteiger partial charge is 0.289 e. The highest BCUT2D eigenvalue weighted by Crippen LogP contribution is 2.28. The van der Waals surface area contributed by atoms with E-state index in [-0.39, 0.29) is 26.7 Å². The number of nitrogens with zero attached hydrogens (tertiary/aromatic N) is 1. The summed E-state index contributed by atoms with van der Waals surface area (Å²) < 4.78 is 25.2. The van der Waals surface area contributed by atoms with Crippen molar-refractivity contribution < 1.29 is 13.2 Å². The van der Waals surface area contributed by atoms with Crippen LogP contribution in [-0.4, -0.2) is 36.3 Å². The second kappa shape index (κ2) is 9.52. The van der Waals surface area contributed by atoms with Crippen molar-refractivity contribution in [2.75, 3.05) is 17.1 Å². The number of aromatic nitrogens is 1. The number of hydrogen-bond acceptors (Lipinski definition) is 4. The molecular formula is C22H20Cl2NO3S2+. The van der Waals surface area contributed by atoms with E-state index in [1.165, 1.54) is 0 Å². The standard InChI is InChI=1S/C22H20Cl2NO3S2/c1-15-3-9-18(10-4-15)30(27,28)14-29(2)13-20(26)17-7-5-16(6-8-17)19-11-12-21(23)25-22(19)24/h3-12H,13-14H2,1-2H3/q+1. The van der Waals surface area contributed by atoms with E-state index in [9.17, 15) is 13.2 Å². The summed E-state index contributed by atoms with van der Waals surface area (Å²) in [5, 5.41) is 0.551. The van der Waals surface area contributed by atoms with Crippen molar-refractivity contribution in [3.63, 3.8) is 0 Å². The maximum atomic E-state index is 12.6. The van der Waals surface area contributed by atoms with Crippen molar-refractivity contribution >= 4 is 49.7 Å². The van der Waals surface area contributed by atoms with Crippen molar-refractivity contribution in [1.29, 1.82) is 0 Å². The first kappa shape index (κ1) is 22.8. The third-order valence-corrected chi connectivity index (χ3v) is 9.54. The topological polar surface area (TPSA) is 64.1 Å². The fourth-order valence-corrected chi connectivity index (χ4v) is 7.51. The number of Topliss-reactive ketones (excluding diaryl/α,β-unsaturated/α-hetero) is 1. The molecule has 0 spiro atoms. The third-order valence-electron chi connectivity index (χ3n) is 4.45. The Morgan fingerprint density at radius 3 is 2.20 bits per heavy atom. The molecule has 30 heavy (non-hydrogen) atoms. The molecule has 3 aromatic rings. The van der Waals surface area contributed by atoms with Crippen LogP contribution < -0.4 is 0 Å². The molecule has 1 unspecified atom stereocenters. The number of benzene rings is 2. The van der Waals surface area contributed by atoms with Gasteiger partial charge < -0.3 is 0 Å². The lowest BCUT2D eigenvalue weighted by Gasteiger charge is -2.07. The first-order valence-corrected chi connectivity index (χ1v) is 13.4. The fraction of sp³-hybridized carbons (Fsp3) is 0.182. The zero-order valence-corrected chi connectivity index (χ0v) is 19.6. The summed E-state index contributed by atoms with van der Waals surface area (Å²) in [6.45, 7) is 1.90. The third kappa shape index (κ3) is 5.64. The number of carbonyl (C=O) groups excluding carboxylic acids is 1. The molecule has 0 radical (unpaired) electrons. The zero-order chi connectivity index (χ0) is 21.9. The lowest BCUT2D eigenvalue weighted by atomic mass is 10.0. The van der Waals surface area contributed by atoms with Crippen molar-refractivity contribution in [3.05, 3.63) is 82.1 Å². The number of carbonyl (C=O) groups is 1. The number of pyridine rings is 1. The summed E-state index contributed by atoms with van der Waals surface area (Å²) in [7, 11) is -4.03. The Morgan fingerprint density at radius 1 is 0.967 bits per heavy atom. The number of hydrogen-bond donors (Lipinski definition) is 0. The highest BCUT2D eigenvalue weighted by molar-refractivity contribution is 8.10. The Bertz CT molecular complexity index is 1160. The van der Waals surface area contributed by atoms with Crippen LogP contribution in [0.4, 0.5) is 0 Å². The van der Waals surface area contributed by atoms with E-state index < -0.39 is 20.7 Å². The summed E-state index contributed by atoms with van der Waals surface area (Å²) in [5.74, 6) is 0.0834. The molecule has 0 aliphatic heterocycles. The van der Waals surface area contributed by atoms with Crippen LogP contribution >= 0.6 is 23.2 Å². The predicted molar refractivity (Wildman–Crippen MR) is 125 cm³/mol. The van der Waals surface area contributed by atoms with Gasteiger partial charge in [0.05, 0.1) is 11.2 Å². The summed E-state index contributed by atoms with van der Waals surface area (Å²) in [6, 6.07) is 17.2. The van der Waals surface area contributed by atoms with E-state index in [4.69, 9.17) is 23.2 Å². The Balaban J connectivity index is 1.67. The second-order valence-corrected chi connectivity index (χ2v) is 12.2. The van der Waals surface area contributed by atoms with Crippen LogP contribution in [0.15, 0.2) is 65.6 Å². The van der Waals surface area contributed by atoms with Gasteiger partial charge in [-0.25, -0.2) is 13.4 Å². The van der Waals surface area contributed by atoms with Gasteiger partial charge in [-0.15, -0.1) is 0 Å². The van der Waals surface area contributed by atoms with Crippen molar-refractivity contribution in [1.82, 2.24) is 4.98 Å². The number of rotatable bonds is 7. The quantitative estimate of drug-likeness (QED) is 0.264. The van der Waals surface area contributed by atoms with Crippen LogP contribution in [0.3, 0.4) is 0 Å². The lowest BCUT2D eigenvalue weighted by molar-refractivity contribution is 0.102. The molecule has 4 nitrogen and oxygen atoms in total. The van der Waals surface area contributed by atoms with E-state index in [2.05, 4.69) is 4.98 Å². The van der Waals surface area contributed by atoms with E-state index in [0.717, 1.165) is 16.7 Å². The minimum atomic E-state index is -3.43. The van der Waals surface area contributed by atoms with Crippen LogP contribution in [0.5, 0.6) is 0 Å². The maximum absolute atomic E-state index is 12.6. The van der Waals surface area contributed by atoms with Gasteiger partial charge in [-0.2, -0.15) is 0 Å². The summed E-state index contributed by atoms with van der Waals surface area (Å²) in [5.41, 5.74) is 3.07. The van der Waals surface area contributed by atoms with Gasteiger partial charge in [-0.3, -0.25) is 4.79 Å². The molecule has 8 heteroatoms. The Morgan fingerprint density at radius 2 is 1.60 bits per heavy atom. The number of halogens is 2. The molecule has 1 aromatic heterocycles. The number of ketones is 1. The molecule has 156 valence electrons. The summed E-state index contributed by atoms with van der Waals surface area (Å²) in [4.78, 5) is 16.9. The highest BCUT2D eigenvalue weighted by Gasteiger charge is 2.27. The van der Waals surface area contributed by atoms with E-state index in [0.29, 0.717) is 10.7 Å².